The molecule has 0 saturated carbocycles. The Morgan fingerprint density at radius 2 is 2.23 bits per heavy atom. The minimum atomic E-state index is 0.0258. The van der Waals surface area contributed by atoms with E-state index in [1.807, 2.05) is 36.1 Å². The Hall–Kier alpha value is -2.14. The highest BCUT2D eigenvalue weighted by Crippen LogP contribution is 2.23. The molecule has 1 saturated heterocycles. The molecule has 1 aliphatic rings. The zero-order valence-electron chi connectivity index (χ0n) is 13.0. The van der Waals surface area contributed by atoms with Crippen molar-refractivity contribution >= 4 is 16.8 Å². The summed E-state index contributed by atoms with van der Waals surface area (Å²) in [6.45, 7) is 3.27. The smallest absolute Gasteiger partial charge is 0.255 e. The molecule has 0 bridgehead atoms. The number of fused-ring (bicyclic) bond motifs is 1. The van der Waals surface area contributed by atoms with E-state index in [2.05, 4.69) is 4.98 Å². The molecule has 0 aliphatic carbocycles. The van der Waals surface area contributed by atoms with Crippen LogP contribution in [-0.4, -0.2) is 42.0 Å². The number of carbonyl (C=O) groups excluding carboxylic acids is 1. The van der Waals surface area contributed by atoms with Crippen LogP contribution in [0.15, 0.2) is 24.3 Å². The van der Waals surface area contributed by atoms with Crippen LogP contribution in [0.4, 0.5) is 0 Å². The van der Waals surface area contributed by atoms with Gasteiger partial charge in [-0.05, 0) is 38.0 Å². The molecular formula is C17H21N3O2. The molecule has 1 aromatic heterocycles. The summed E-state index contributed by atoms with van der Waals surface area (Å²) in [4.78, 5) is 19.1. The van der Waals surface area contributed by atoms with E-state index in [0.717, 1.165) is 41.7 Å². The number of aromatic nitrogens is 1. The predicted octanol–water partition coefficient (Wildman–Crippen LogP) is 2.12. The van der Waals surface area contributed by atoms with Gasteiger partial charge in [0, 0.05) is 30.6 Å². The highest BCUT2D eigenvalue weighted by atomic mass is 16.5. The topological polar surface area (TPSA) is 68.5 Å². The summed E-state index contributed by atoms with van der Waals surface area (Å²) >= 11 is 0. The van der Waals surface area contributed by atoms with Crippen LogP contribution in [0.1, 0.15) is 28.9 Å². The fourth-order valence-electron chi connectivity index (χ4n) is 2.95. The summed E-state index contributed by atoms with van der Waals surface area (Å²) in [7, 11) is 1.63. The van der Waals surface area contributed by atoms with Gasteiger partial charge in [0.1, 0.15) is 5.75 Å². The number of ether oxygens (including phenoxy) is 1. The van der Waals surface area contributed by atoms with Crippen LogP contribution in [0.25, 0.3) is 10.9 Å². The van der Waals surface area contributed by atoms with E-state index < -0.39 is 0 Å². The molecule has 22 heavy (non-hydrogen) atoms. The lowest BCUT2D eigenvalue weighted by molar-refractivity contribution is 0.0708. The van der Waals surface area contributed by atoms with Crippen molar-refractivity contribution in [1.82, 2.24) is 9.88 Å². The van der Waals surface area contributed by atoms with Crippen molar-refractivity contribution < 1.29 is 9.53 Å². The molecule has 2 N–H and O–H groups in total. The quantitative estimate of drug-likeness (QED) is 0.922. The molecule has 116 valence electrons. The number of hydrogen-bond acceptors (Lipinski definition) is 4. The van der Waals surface area contributed by atoms with Gasteiger partial charge >= 0.3 is 0 Å². The number of piperidine rings is 1. The van der Waals surface area contributed by atoms with Crippen LogP contribution in [0, 0.1) is 6.92 Å². The van der Waals surface area contributed by atoms with Gasteiger partial charge < -0.3 is 15.4 Å². The average molecular weight is 299 g/mol. The number of pyridine rings is 1. The number of aryl methyl sites for hydroxylation is 1. The fraction of sp³-hybridized carbons (Fsp3) is 0.412. The lowest BCUT2D eigenvalue weighted by Crippen LogP contribution is -2.45. The van der Waals surface area contributed by atoms with Crippen molar-refractivity contribution in [3.8, 4) is 5.75 Å². The van der Waals surface area contributed by atoms with Crippen molar-refractivity contribution in [2.75, 3.05) is 20.2 Å². The lowest BCUT2D eigenvalue weighted by Gasteiger charge is -2.31. The Bertz CT molecular complexity index is 714. The lowest BCUT2D eigenvalue weighted by atomic mass is 10.0. The van der Waals surface area contributed by atoms with Crippen molar-refractivity contribution in [2.24, 2.45) is 5.73 Å². The molecule has 5 nitrogen and oxygen atoms in total. The van der Waals surface area contributed by atoms with Crippen LogP contribution < -0.4 is 10.5 Å². The Morgan fingerprint density at radius 1 is 1.41 bits per heavy atom. The van der Waals surface area contributed by atoms with E-state index in [1.54, 1.807) is 7.11 Å². The SMILES string of the molecule is COc1ccc2cc(C(=O)N3CCCC(N)C3)c(C)nc2c1. The summed E-state index contributed by atoms with van der Waals surface area (Å²) in [5.74, 6) is 0.790. The third kappa shape index (κ3) is 2.76. The van der Waals surface area contributed by atoms with Gasteiger partial charge in [0.05, 0.1) is 23.9 Å². The summed E-state index contributed by atoms with van der Waals surface area (Å²) in [6.07, 6.45) is 1.95. The second-order valence-corrected chi connectivity index (χ2v) is 5.83. The highest BCUT2D eigenvalue weighted by molar-refractivity contribution is 5.98. The molecule has 3 rings (SSSR count). The molecule has 1 amide bonds. The van der Waals surface area contributed by atoms with E-state index in [1.165, 1.54) is 0 Å². The molecule has 0 radical (unpaired) electrons. The molecule has 1 unspecified atom stereocenters. The molecule has 1 aliphatic heterocycles. The van der Waals surface area contributed by atoms with Gasteiger partial charge in [0.15, 0.2) is 0 Å². The summed E-state index contributed by atoms with van der Waals surface area (Å²) < 4.78 is 5.22. The fourth-order valence-corrected chi connectivity index (χ4v) is 2.95. The molecule has 1 fully saturated rings. The number of likely N-dealkylation sites (tertiary alicyclic amines) is 1. The largest absolute Gasteiger partial charge is 0.497 e. The van der Waals surface area contributed by atoms with Crippen LogP contribution >= 0.6 is 0 Å². The number of rotatable bonds is 2. The van der Waals surface area contributed by atoms with Crippen LogP contribution in [-0.2, 0) is 0 Å². The Kier molecular flexibility index (Phi) is 3.98. The molecule has 1 aromatic carbocycles. The minimum Gasteiger partial charge on any atom is -0.497 e. The third-order valence-corrected chi connectivity index (χ3v) is 4.19. The Labute approximate surface area is 130 Å². The average Bonchev–Trinajstić information content (AvgIpc) is 2.53. The second-order valence-electron chi connectivity index (χ2n) is 5.83. The van der Waals surface area contributed by atoms with Crippen LogP contribution in [0.3, 0.4) is 0 Å². The van der Waals surface area contributed by atoms with Crippen LogP contribution in [0.2, 0.25) is 0 Å². The van der Waals surface area contributed by atoms with Gasteiger partial charge in [-0.15, -0.1) is 0 Å². The van der Waals surface area contributed by atoms with Crippen molar-refractivity contribution in [1.29, 1.82) is 0 Å². The second kappa shape index (κ2) is 5.93. The predicted molar refractivity (Wildman–Crippen MR) is 86.1 cm³/mol. The molecule has 2 aromatic rings. The molecular weight excluding hydrogens is 278 g/mol. The number of benzene rings is 1. The van der Waals surface area contributed by atoms with Crippen molar-refractivity contribution in [2.45, 2.75) is 25.8 Å². The first-order chi connectivity index (χ1) is 10.6. The first-order valence-corrected chi connectivity index (χ1v) is 7.58. The standard InChI is InChI=1S/C17H21N3O2/c1-11-15(17(21)20-7-3-4-13(18)10-20)8-12-5-6-14(22-2)9-16(12)19-11/h5-6,8-9,13H,3-4,7,10,18H2,1-2H3. The first kappa shape index (κ1) is 14.8. The van der Waals surface area contributed by atoms with E-state index in [9.17, 15) is 4.79 Å². The Balaban J connectivity index is 1.96. The van der Waals surface area contributed by atoms with E-state index in [-0.39, 0.29) is 11.9 Å². The van der Waals surface area contributed by atoms with Crippen molar-refractivity contribution in [3.05, 3.63) is 35.5 Å². The number of amides is 1. The highest BCUT2D eigenvalue weighted by Gasteiger charge is 2.24. The van der Waals surface area contributed by atoms with Gasteiger partial charge in [-0.3, -0.25) is 9.78 Å². The number of hydrogen-bond donors (Lipinski definition) is 1. The monoisotopic (exact) mass is 299 g/mol. The van der Waals surface area contributed by atoms with E-state index in [4.69, 9.17) is 10.5 Å². The van der Waals surface area contributed by atoms with Gasteiger partial charge in [0.25, 0.3) is 5.91 Å². The van der Waals surface area contributed by atoms with Crippen molar-refractivity contribution in [3.63, 3.8) is 0 Å². The minimum absolute atomic E-state index is 0.0258. The number of carbonyl (C=O) groups is 1. The van der Waals surface area contributed by atoms with E-state index >= 15 is 0 Å². The summed E-state index contributed by atoms with van der Waals surface area (Å²) in [5, 5.41) is 0.941. The summed E-state index contributed by atoms with van der Waals surface area (Å²) in [6, 6.07) is 7.69. The number of methoxy groups -OCH3 is 1. The van der Waals surface area contributed by atoms with E-state index in [0.29, 0.717) is 12.1 Å². The third-order valence-electron chi connectivity index (χ3n) is 4.19. The van der Waals surface area contributed by atoms with Gasteiger partial charge in [-0.1, -0.05) is 0 Å². The normalized spacial score (nSPS) is 18.5. The Morgan fingerprint density at radius 3 is 2.95 bits per heavy atom. The van der Waals surface area contributed by atoms with Gasteiger partial charge in [0.2, 0.25) is 0 Å². The molecule has 2 heterocycles. The maximum atomic E-state index is 12.7. The first-order valence-electron chi connectivity index (χ1n) is 7.58. The van der Waals surface area contributed by atoms with Gasteiger partial charge in [-0.2, -0.15) is 0 Å². The molecule has 5 heteroatoms. The molecule has 1 atom stereocenters. The zero-order valence-corrected chi connectivity index (χ0v) is 13.0. The summed E-state index contributed by atoms with van der Waals surface area (Å²) in [5.41, 5.74) is 8.21. The molecule has 0 spiro atoms. The van der Waals surface area contributed by atoms with Gasteiger partial charge in [-0.25, -0.2) is 0 Å². The zero-order chi connectivity index (χ0) is 15.7. The maximum absolute atomic E-state index is 12.7. The van der Waals surface area contributed by atoms with Crippen LogP contribution in [0.5, 0.6) is 5.75 Å². The number of nitrogens with zero attached hydrogens (tertiary/aromatic N) is 2. The maximum Gasteiger partial charge on any atom is 0.255 e. The number of nitrogens with two attached hydrogens (primary N) is 1.